The molecule has 0 atom stereocenters. The molecule has 1 aliphatic rings. The van der Waals surface area contributed by atoms with Crippen LogP contribution in [0.1, 0.15) is 0 Å². The van der Waals surface area contributed by atoms with E-state index in [1.807, 2.05) is 4.90 Å². The Bertz CT molecular complexity index is 112. The molecule has 0 amide bonds. The molecule has 0 aromatic rings. The van der Waals surface area contributed by atoms with Gasteiger partial charge in [0.15, 0.2) is 0 Å². The van der Waals surface area contributed by atoms with Gasteiger partial charge in [0, 0.05) is 13.1 Å². The van der Waals surface area contributed by atoms with Gasteiger partial charge in [-0.2, -0.15) is 5.26 Å². The summed E-state index contributed by atoms with van der Waals surface area (Å²) >= 11 is 5.63. The fourth-order valence-electron chi connectivity index (χ4n) is 0.736. The maximum atomic E-state index is 8.15. The Hall–Kier alpha value is -0.260. The molecule has 0 aliphatic carbocycles. The van der Waals surface area contributed by atoms with Crippen molar-refractivity contribution < 1.29 is 0 Å². The van der Waals surface area contributed by atoms with Gasteiger partial charge in [-0.25, -0.2) is 0 Å². The molecule has 1 saturated heterocycles. The smallest absolute Gasteiger partial charge is 0.0866 e. The van der Waals surface area contributed by atoms with Crippen molar-refractivity contribution in [2.45, 2.75) is 5.38 Å². The molecule has 1 rings (SSSR count). The third-order valence-corrected chi connectivity index (χ3v) is 1.48. The molecule has 0 aromatic carbocycles. The molecular weight excluding hydrogens is 124 g/mol. The van der Waals surface area contributed by atoms with E-state index in [0.29, 0.717) is 11.9 Å². The maximum Gasteiger partial charge on any atom is 0.0866 e. The number of nitrogens with zero attached hydrogens (tertiary/aromatic N) is 2. The molecule has 1 aliphatic heterocycles. The minimum Gasteiger partial charge on any atom is -0.288 e. The Kier molecular flexibility index (Phi) is 1.72. The molecule has 0 N–H and O–H groups in total. The second-order valence-electron chi connectivity index (χ2n) is 1.95. The van der Waals surface area contributed by atoms with Crippen molar-refractivity contribution in [2.75, 3.05) is 19.6 Å². The summed E-state index contributed by atoms with van der Waals surface area (Å²) in [6.45, 7) is 2.30. The van der Waals surface area contributed by atoms with Gasteiger partial charge in [0.1, 0.15) is 0 Å². The Morgan fingerprint density at radius 3 is 2.75 bits per heavy atom. The molecule has 0 aromatic heterocycles. The van der Waals surface area contributed by atoms with Gasteiger partial charge in [-0.3, -0.25) is 4.90 Å². The van der Waals surface area contributed by atoms with E-state index in [1.54, 1.807) is 0 Å². The molecule has 1 fully saturated rings. The van der Waals surface area contributed by atoms with E-state index in [2.05, 4.69) is 6.07 Å². The SMILES string of the molecule is N#CCN1CC(Cl)C1. The molecule has 0 spiro atoms. The van der Waals surface area contributed by atoms with Crippen LogP contribution in [0.4, 0.5) is 0 Å². The summed E-state index contributed by atoms with van der Waals surface area (Å²) in [5.74, 6) is 0. The highest BCUT2D eigenvalue weighted by Gasteiger charge is 2.23. The first-order valence-electron chi connectivity index (χ1n) is 2.56. The van der Waals surface area contributed by atoms with Gasteiger partial charge < -0.3 is 0 Å². The van der Waals surface area contributed by atoms with Crippen molar-refractivity contribution in [3.05, 3.63) is 0 Å². The predicted octanol–water partition coefficient (Wildman–Crippen LogP) is 0.433. The van der Waals surface area contributed by atoms with Crippen molar-refractivity contribution in [1.82, 2.24) is 4.90 Å². The monoisotopic (exact) mass is 130 g/mol. The van der Waals surface area contributed by atoms with Crippen molar-refractivity contribution in [3.63, 3.8) is 0 Å². The Morgan fingerprint density at radius 1 is 1.75 bits per heavy atom. The lowest BCUT2D eigenvalue weighted by Crippen LogP contribution is -2.47. The van der Waals surface area contributed by atoms with E-state index in [0.717, 1.165) is 13.1 Å². The van der Waals surface area contributed by atoms with Gasteiger partial charge in [0.05, 0.1) is 18.0 Å². The highest BCUT2D eigenvalue weighted by Crippen LogP contribution is 2.11. The Balaban J connectivity index is 2.09. The number of alkyl halides is 1. The normalized spacial score (nSPS) is 22.0. The zero-order valence-corrected chi connectivity index (χ0v) is 5.23. The van der Waals surface area contributed by atoms with Crippen LogP contribution in [0.2, 0.25) is 0 Å². The van der Waals surface area contributed by atoms with Crippen molar-refractivity contribution >= 4 is 11.6 Å². The summed E-state index contributed by atoms with van der Waals surface area (Å²) in [5.41, 5.74) is 0. The van der Waals surface area contributed by atoms with E-state index < -0.39 is 0 Å². The summed E-state index contributed by atoms with van der Waals surface area (Å²) in [6.07, 6.45) is 0. The van der Waals surface area contributed by atoms with E-state index in [1.165, 1.54) is 0 Å². The van der Waals surface area contributed by atoms with Crippen LogP contribution in [-0.4, -0.2) is 29.9 Å². The van der Waals surface area contributed by atoms with E-state index in [4.69, 9.17) is 16.9 Å². The first kappa shape index (κ1) is 5.87. The molecule has 1 heterocycles. The van der Waals surface area contributed by atoms with Crippen LogP contribution in [0.5, 0.6) is 0 Å². The van der Waals surface area contributed by atoms with E-state index >= 15 is 0 Å². The summed E-state index contributed by atoms with van der Waals surface area (Å²) in [7, 11) is 0. The van der Waals surface area contributed by atoms with Crippen molar-refractivity contribution in [3.8, 4) is 6.07 Å². The fraction of sp³-hybridized carbons (Fsp3) is 0.800. The van der Waals surface area contributed by atoms with Gasteiger partial charge >= 0.3 is 0 Å². The molecule has 0 bridgehead atoms. The third-order valence-electron chi connectivity index (χ3n) is 1.21. The van der Waals surface area contributed by atoms with Gasteiger partial charge in [-0.1, -0.05) is 0 Å². The average molecular weight is 131 g/mol. The minimum atomic E-state index is 0.295. The lowest BCUT2D eigenvalue weighted by molar-refractivity contribution is 0.212. The number of hydrogen-bond acceptors (Lipinski definition) is 2. The average Bonchev–Trinajstić information content (AvgIpc) is 1.64. The van der Waals surface area contributed by atoms with E-state index in [9.17, 15) is 0 Å². The second-order valence-corrected chi connectivity index (χ2v) is 2.57. The maximum absolute atomic E-state index is 8.15. The molecule has 2 nitrogen and oxygen atoms in total. The Labute approximate surface area is 53.6 Å². The standard InChI is InChI=1S/C5H7ClN2/c6-5-3-8(4-5)2-1-7/h5H,2-4H2. The highest BCUT2D eigenvalue weighted by atomic mass is 35.5. The van der Waals surface area contributed by atoms with E-state index in [-0.39, 0.29) is 0 Å². The fourth-order valence-corrected chi connectivity index (χ4v) is 1.13. The molecule has 0 radical (unpaired) electrons. The highest BCUT2D eigenvalue weighted by molar-refractivity contribution is 6.21. The number of likely N-dealkylation sites (tertiary alicyclic amines) is 1. The van der Waals surface area contributed by atoms with Gasteiger partial charge in [0.25, 0.3) is 0 Å². The first-order chi connectivity index (χ1) is 3.83. The topological polar surface area (TPSA) is 27.0 Å². The van der Waals surface area contributed by atoms with Gasteiger partial charge in [0.2, 0.25) is 0 Å². The molecule has 8 heavy (non-hydrogen) atoms. The number of nitriles is 1. The zero-order valence-electron chi connectivity index (χ0n) is 4.47. The number of rotatable bonds is 1. The molecule has 0 saturated carbocycles. The molecular formula is C5H7ClN2. The summed E-state index contributed by atoms with van der Waals surface area (Å²) in [6, 6.07) is 2.06. The van der Waals surface area contributed by atoms with Gasteiger partial charge in [-0.15, -0.1) is 11.6 Å². The minimum absolute atomic E-state index is 0.295. The number of hydrogen-bond donors (Lipinski definition) is 0. The van der Waals surface area contributed by atoms with Gasteiger partial charge in [-0.05, 0) is 0 Å². The summed E-state index contributed by atoms with van der Waals surface area (Å²) in [5, 5.41) is 8.45. The predicted molar refractivity (Wildman–Crippen MR) is 31.7 cm³/mol. The second kappa shape index (κ2) is 2.34. The first-order valence-corrected chi connectivity index (χ1v) is 3.00. The van der Waals surface area contributed by atoms with Crippen LogP contribution < -0.4 is 0 Å². The summed E-state index contributed by atoms with van der Waals surface area (Å²) < 4.78 is 0. The van der Waals surface area contributed by atoms with Crippen LogP contribution >= 0.6 is 11.6 Å². The van der Waals surface area contributed by atoms with Crippen LogP contribution in [0.3, 0.4) is 0 Å². The Morgan fingerprint density at radius 2 is 2.38 bits per heavy atom. The lowest BCUT2D eigenvalue weighted by Gasteiger charge is -2.32. The van der Waals surface area contributed by atoms with Crippen LogP contribution in [-0.2, 0) is 0 Å². The molecule has 44 valence electrons. The quantitative estimate of drug-likeness (QED) is 0.380. The van der Waals surface area contributed by atoms with Crippen LogP contribution in [0.25, 0.3) is 0 Å². The van der Waals surface area contributed by atoms with Crippen LogP contribution in [0.15, 0.2) is 0 Å². The summed E-state index contributed by atoms with van der Waals surface area (Å²) in [4.78, 5) is 2.01. The van der Waals surface area contributed by atoms with Crippen molar-refractivity contribution in [1.29, 1.82) is 5.26 Å². The largest absolute Gasteiger partial charge is 0.288 e. The zero-order chi connectivity index (χ0) is 5.98. The molecule has 0 unspecified atom stereocenters. The lowest BCUT2D eigenvalue weighted by atomic mass is 10.2. The third kappa shape index (κ3) is 1.12. The van der Waals surface area contributed by atoms with Crippen molar-refractivity contribution in [2.24, 2.45) is 0 Å². The van der Waals surface area contributed by atoms with Crippen LogP contribution in [0, 0.1) is 11.3 Å². The number of halogens is 1. The molecule has 3 heteroatoms.